The fourth-order valence-electron chi connectivity index (χ4n) is 6.22. The lowest BCUT2D eigenvalue weighted by Crippen LogP contribution is -2.55. The summed E-state index contributed by atoms with van der Waals surface area (Å²) in [6.45, 7) is 6.99. The second kappa shape index (κ2) is 10.7. The van der Waals surface area contributed by atoms with E-state index in [1.165, 1.54) is 6.26 Å². The van der Waals surface area contributed by atoms with Gasteiger partial charge in [-0.15, -0.1) is 0 Å². The van der Waals surface area contributed by atoms with E-state index in [1.54, 1.807) is 17.0 Å². The van der Waals surface area contributed by atoms with Crippen LogP contribution in [-0.4, -0.2) is 78.4 Å². The van der Waals surface area contributed by atoms with E-state index >= 15 is 0 Å². The minimum Gasteiger partial charge on any atom is -0.490 e. The van der Waals surface area contributed by atoms with E-state index < -0.39 is 12.0 Å². The number of amides is 3. The van der Waals surface area contributed by atoms with Gasteiger partial charge in [-0.05, 0) is 67.3 Å². The van der Waals surface area contributed by atoms with Crippen LogP contribution in [0.3, 0.4) is 0 Å². The van der Waals surface area contributed by atoms with Gasteiger partial charge in [-0.3, -0.25) is 14.4 Å². The van der Waals surface area contributed by atoms with Gasteiger partial charge in [0.1, 0.15) is 0 Å². The number of benzene rings is 2. The molecule has 2 atom stereocenters. The fourth-order valence-corrected chi connectivity index (χ4v) is 6.22. The lowest BCUT2D eigenvalue weighted by molar-refractivity contribution is -0.136. The Balaban J connectivity index is 1.35. The van der Waals surface area contributed by atoms with Gasteiger partial charge in [0.2, 0.25) is 5.91 Å². The first-order chi connectivity index (χ1) is 19.5. The maximum absolute atomic E-state index is 14.4. The average Bonchev–Trinajstić information content (AvgIpc) is 3.53. The summed E-state index contributed by atoms with van der Waals surface area (Å²) in [5.74, 6) is 0.743. The average molecular weight is 544 g/mol. The molecule has 0 unspecified atom stereocenters. The minimum atomic E-state index is -0.576. The summed E-state index contributed by atoms with van der Waals surface area (Å²) in [6.07, 6.45) is 2.15. The fraction of sp³-hybridized carbons (Fsp3) is 0.387. The van der Waals surface area contributed by atoms with Gasteiger partial charge in [0.25, 0.3) is 11.8 Å². The molecule has 1 aromatic heterocycles. The van der Waals surface area contributed by atoms with Gasteiger partial charge < -0.3 is 28.6 Å². The van der Waals surface area contributed by atoms with E-state index in [0.717, 1.165) is 16.7 Å². The molecule has 9 nitrogen and oxygen atoms in total. The first kappa shape index (κ1) is 26.0. The monoisotopic (exact) mass is 543 g/mol. The number of rotatable bonds is 6. The Kier molecular flexibility index (Phi) is 6.96. The minimum absolute atomic E-state index is 0.0419. The molecule has 4 heterocycles. The maximum atomic E-state index is 14.4. The molecule has 3 aliphatic heterocycles. The Morgan fingerprint density at radius 3 is 2.27 bits per heavy atom. The van der Waals surface area contributed by atoms with E-state index in [0.29, 0.717) is 75.2 Å². The van der Waals surface area contributed by atoms with Crippen molar-refractivity contribution in [3.63, 3.8) is 0 Å². The Hall–Kier alpha value is -4.27. The molecule has 6 rings (SSSR count). The first-order valence-corrected chi connectivity index (χ1v) is 14.0. The summed E-state index contributed by atoms with van der Waals surface area (Å²) < 4.78 is 17.1. The van der Waals surface area contributed by atoms with Gasteiger partial charge in [0, 0.05) is 38.3 Å². The standard InChI is InChI=1S/C31H33N3O6/c1-3-38-25-18-20-11-12-34-28(23(20)19-26(25)39-4-2)27(21-8-5-6-9-22(21)29(34)35)31(37)33-15-13-32(14-16-33)30(36)24-10-7-17-40-24/h5-10,17-19,27-28H,3-4,11-16H2,1-2H3/t27-,28-/m1/s1. The molecule has 3 amide bonds. The number of hydrogen-bond donors (Lipinski definition) is 0. The number of piperazine rings is 1. The Morgan fingerprint density at radius 2 is 1.57 bits per heavy atom. The molecule has 3 aliphatic rings. The lowest BCUT2D eigenvalue weighted by atomic mass is 9.75. The van der Waals surface area contributed by atoms with Gasteiger partial charge in [-0.1, -0.05) is 18.2 Å². The van der Waals surface area contributed by atoms with Crippen LogP contribution in [0.25, 0.3) is 0 Å². The smallest absolute Gasteiger partial charge is 0.289 e. The molecule has 0 bridgehead atoms. The molecule has 0 N–H and O–H groups in total. The summed E-state index contributed by atoms with van der Waals surface area (Å²) in [5, 5.41) is 0. The molecule has 1 fully saturated rings. The third kappa shape index (κ3) is 4.39. The normalized spacial score (nSPS) is 19.9. The summed E-state index contributed by atoms with van der Waals surface area (Å²) in [4.78, 5) is 46.3. The van der Waals surface area contributed by atoms with Gasteiger partial charge in [0.15, 0.2) is 17.3 Å². The number of fused-ring (bicyclic) bond motifs is 4. The largest absolute Gasteiger partial charge is 0.490 e. The number of carbonyl (C=O) groups is 3. The van der Waals surface area contributed by atoms with Gasteiger partial charge in [0.05, 0.1) is 31.4 Å². The third-order valence-electron chi connectivity index (χ3n) is 8.06. The van der Waals surface area contributed by atoms with Gasteiger partial charge >= 0.3 is 0 Å². The quantitative estimate of drug-likeness (QED) is 0.468. The van der Waals surface area contributed by atoms with Crippen molar-refractivity contribution in [2.24, 2.45) is 0 Å². The Labute approximate surface area is 233 Å². The van der Waals surface area contributed by atoms with Crippen LogP contribution in [0.5, 0.6) is 11.5 Å². The van der Waals surface area contributed by atoms with E-state index in [-0.39, 0.29) is 17.7 Å². The molecule has 0 aliphatic carbocycles. The van der Waals surface area contributed by atoms with Crippen LogP contribution in [0.1, 0.15) is 63.4 Å². The summed E-state index contributed by atoms with van der Waals surface area (Å²) in [6, 6.07) is 14.3. The maximum Gasteiger partial charge on any atom is 0.289 e. The molecule has 3 aromatic rings. The van der Waals surface area contributed by atoms with Crippen molar-refractivity contribution in [3.8, 4) is 11.5 Å². The van der Waals surface area contributed by atoms with Crippen LogP contribution in [0, 0.1) is 0 Å². The SMILES string of the molecule is CCOc1cc2c(cc1OCC)[C@@H]1[C@H](C(=O)N3CCN(C(=O)c4ccco4)CC3)c3ccccc3C(=O)N1CC2. The number of ether oxygens (including phenoxy) is 2. The van der Waals surface area contributed by atoms with Crippen molar-refractivity contribution in [2.45, 2.75) is 32.2 Å². The molecule has 0 radical (unpaired) electrons. The second-order valence-corrected chi connectivity index (χ2v) is 10.2. The number of furan rings is 1. The van der Waals surface area contributed by atoms with Crippen LogP contribution in [-0.2, 0) is 11.2 Å². The lowest BCUT2D eigenvalue weighted by Gasteiger charge is -2.47. The first-order valence-electron chi connectivity index (χ1n) is 14.0. The van der Waals surface area contributed by atoms with Crippen LogP contribution >= 0.6 is 0 Å². The molecule has 0 spiro atoms. The number of hydrogen-bond acceptors (Lipinski definition) is 6. The van der Waals surface area contributed by atoms with Crippen LogP contribution < -0.4 is 9.47 Å². The van der Waals surface area contributed by atoms with Crippen LogP contribution in [0.15, 0.2) is 59.2 Å². The summed E-state index contributed by atoms with van der Waals surface area (Å²) in [5.41, 5.74) is 3.30. The molecule has 208 valence electrons. The summed E-state index contributed by atoms with van der Waals surface area (Å²) in [7, 11) is 0. The molecule has 0 saturated carbocycles. The van der Waals surface area contributed by atoms with E-state index in [1.807, 2.05) is 60.0 Å². The predicted molar refractivity (Wildman–Crippen MR) is 147 cm³/mol. The zero-order chi connectivity index (χ0) is 27.8. The van der Waals surface area contributed by atoms with Crippen molar-refractivity contribution in [1.82, 2.24) is 14.7 Å². The van der Waals surface area contributed by atoms with Crippen LogP contribution in [0.4, 0.5) is 0 Å². The Bertz CT molecular complexity index is 1430. The van der Waals surface area contributed by atoms with Crippen molar-refractivity contribution < 1.29 is 28.3 Å². The van der Waals surface area contributed by atoms with Crippen molar-refractivity contribution in [3.05, 3.63) is 82.8 Å². The molecular formula is C31H33N3O6. The third-order valence-corrected chi connectivity index (χ3v) is 8.06. The predicted octanol–water partition coefficient (Wildman–Crippen LogP) is 3.90. The van der Waals surface area contributed by atoms with E-state index in [2.05, 4.69) is 0 Å². The van der Waals surface area contributed by atoms with Crippen LogP contribution in [0.2, 0.25) is 0 Å². The zero-order valence-electron chi connectivity index (χ0n) is 22.8. The molecule has 2 aromatic carbocycles. The molecule has 1 saturated heterocycles. The molecule has 9 heteroatoms. The Morgan fingerprint density at radius 1 is 0.875 bits per heavy atom. The van der Waals surface area contributed by atoms with E-state index in [9.17, 15) is 14.4 Å². The highest BCUT2D eigenvalue weighted by molar-refractivity contribution is 6.01. The molecule has 40 heavy (non-hydrogen) atoms. The number of carbonyl (C=O) groups excluding carboxylic acids is 3. The highest BCUT2D eigenvalue weighted by Gasteiger charge is 2.48. The zero-order valence-corrected chi connectivity index (χ0v) is 22.8. The van der Waals surface area contributed by atoms with Crippen molar-refractivity contribution in [2.75, 3.05) is 45.9 Å². The summed E-state index contributed by atoms with van der Waals surface area (Å²) >= 11 is 0. The second-order valence-electron chi connectivity index (χ2n) is 10.2. The van der Waals surface area contributed by atoms with Crippen molar-refractivity contribution in [1.29, 1.82) is 0 Å². The van der Waals surface area contributed by atoms with Gasteiger partial charge in [-0.25, -0.2) is 0 Å². The highest BCUT2D eigenvalue weighted by atomic mass is 16.5. The van der Waals surface area contributed by atoms with E-state index in [4.69, 9.17) is 13.9 Å². The molecular weight excluding hydrogens is 510 g/mol. The number of nitrogens with zero attached hydrogens (tertiary/aromatic N) is 3. The highest BCUT2D eigenvalue weighted by Crippen LogP contribution is 2.49. The topological polar surface area (TPSA) is 92.5 Å². The van der Waals surface area contributed by atoms with Crippen molar-refractivity contribution >= 4 is 17.7 Å². The van der Waals surface area contributed by atoms with Gasteiger partial charge in [-0.2, -0.15) is 0 Å².